The molecule has 4 aromatic rings. The molecule has 1 aliphatic rings. The molecule has 0 unspecified atom stereocenters. The second kappa shape index (κ2) is 12.7. The molecule has 0 aliphatic carbocycles. The summed E-state index contributed by atoms with van der Waals surface area (Å²) >= 11 is 6.46. The number of aromatic nitrogens is 2. The molecule has 0 radical (unpaired) electrons. The van der Waals surface area contributed by atoms with Crippen LogP contribution in [0, 0.1) is 5.82 Å². The number of rotatable bonds is 9. The van der Waals surface area contributed by atoms with Crippen LogP contribution in [0.5, 0.6) is 5.75 Å². The molecule has 200 valence electrons. The predicted octanol–water partition coefficient (Wildman–Crippen LogP) is 6.73. The van der Waals surface area contributed by atoms with Crippen molar-refractivity contribution in [3.8, 4) is 5.75 Å². The Morgan fingerprint density at radius 1 is 1.03 bits per heavy atom. The summed E-state index contributed by atoms with van der Waals surface area (Å²) in [5.74, 6) is 0.558. The van der Waals surface area contributed by atoms with Crippen molar-refractivity contribution in [2.75, 3.05) is 30.3 Å². The Morgan fingerprint density at radius 3 is 2.69 bits per heavy atom. The van der Waals surface area contributed by atoms with Crippen LogP contribution in [0.3, 0.4) is 0 Å². The number of likely N-dealkylation sites (tertiary alicyclic amines) is 1. The van der Waals surface area contributed by atoms with Gasteiger partial charge in [-0.05, 0) is 80.0 Å². The van der Waals surface area contributed by atoms with Crippen molar-refractivity contribution in [2.45, 2.75) is 25.9 Å². The minimum atomic E-state index is -0.314. The molecule has 39 heavy (non-hydrogen) atoms. The fraction of sp³-hybridized carbons (Fsp3) is 0.233. The number of nitrogens with one attached hydrogen (secondary N) is 2. The van der Waals surface area contributed by atoms with Gasteiger partial charge in [0.15, 0.2) is 0 Å². The molecule has 1 aliphatic heterocycles. The number of hydrogen-bond donors (Lipinski definition) is 2. The number of hydrogen-bond acceptors (Lipinski definition) is 6. The summed E-state index contributed by atoms with van der Waals surface area (Å²) in [4.78, 5) is 23.6. The van der Waals surface area contributed by atoms with E-state index < -0.39 is 0 Å². The van der Waals surface area contributed by atoms with Crippen LogP contribution >= 0.6 is 11.6 Å². The van der Waals surface area contributed by atoms with Crippen LogP contribution in [0.4, 0.5) is 21.6 Å². The first-order valence-electron chi connectivity index (χ1n) is 12.9. The van der Waals surface area contributed by atoms with E-state index in [0.717, 1.165) is 30.5 Å². The normalized spacial score (nSPS) is 14.0. The second-order valence-corrected chi connectivity index (χ2v) is 9.80. The van der Waals surface area contributed by atoms with Crippen LogP contribution in [0.15, 0.2) is 79.1 Å². The van der Waals surface area contributed by atoms with Crippen LogP contribution in [-0.2, 0) is 11.4 Å². The van der Waals surface area contributed by atoms with E-state index in [0.29, 0.717) is 33.5 Å². The van der Waals surface area contributed by atoms with E-state index in [1.807, 2.05) is 30.3 Å². The van der Waals surface area contributed by atoms with Crippen molar-refractivity contribution in [1.82, 2.24) is 14.9 Å². The summed E-state index contributed by atoms with van der Waals surface area (Å²) in [6.07, 6.45) is 8.69. The molecule has 1 fully saturated rings. The zero-order chi connectivity index (χ0) is 27.0. The smallest absolute Gasteiger partial charge is 0.248 e. The molecule has 5 rings (SSSR count). The molecule has 0 atom stereocenters. The van der Waals surface area contributed by atoms with E-state index in [2.05, 4.69) is 25.5 Å². The third kappa shape index (κ3) is 7.31. The van der Waals surface area contributed by atoms with E-state index >= 15 is 0 Å². The minimum absolute atomic E-state index is 0.182. The summed E-state index contributed by atoms with van der Waals surface area (Å²) < 4.78 is 19.2. The Kier molecular flexibility index (Phi) is 8.65. The monoisotopic (exact) mass is 544 g/mol. The number of anilines is 3. The molecule has 0 bridgehead atoms. The summed E-state index contributed by atoms with van der Waals surface area (Å²) in [5, 5.41) is 7.34. The Bertz CT molecular complexity index is 1490. The summed E-state index contributed by atoms with van der Waals surface area (Å²) in [7, 11) is 0. The van der Waals surface area contributed by atoms with Gasteiger partial charge in [-0.25, -0.2) is 14.4 Å². The lowest BCUT2D eigenvalue weighted by Crippen LogP contribution is -2.29. The minimum Gasteiger partial charge on any atom is -0.487 e. The van der Waals surface area contributed by atoms with E-state index in [-0.39, 0.29) is 18.3 Å². The van der Waals surface area contributed by atoms with Gasteiger partial charge in [0, 0.05) is 29.4 Å². The van der Waals surface area contributed by atoms with Gasteiger partial charge >= 0.3 is 0 Å². The first-order valence-corrected chi connectivity index (χ1v) is 13.3. The fourth-order valence-electron chi connectivity index (χ4n) is 4.49. The van der Waals surface area contributed by atoms with Gasteiger partial charge in [0.25, 0.3) is 0 Å². The third-order valence-corrected chi connectivity index (χ3v) is 6.76. The number of benzene rings is 3. The zero-order valence-electron chi connectivity index (χ0n) is 21.4. The van der Waals surface area contributed by atoms with E-state index in [4.69, 9.17) is 16.3 Å². The van der Waals surface area contributed by atoms with Crippen LogP contribution in [0.25, 0.3) is 10.9 Å². The van der Waals surface area contributed by atoms with Gasteiger partial charge in [0.1, 0.15) is 30.3 Å². The van der Waals surface area contributed by atoms with Crippen molar-refractivity contribution < 1.29 is 13.9 Å². The van der Waals surface area contributed by atoms with E-state index in [1.54, 1.807) is 30.3 Å². The molecule has 0 spiro atoms. The molecule has 9 heteroatoms. The van der Waals surface area contributed by atoms with Crippen LogP contribution < -0.4 is 15.4 Å². The number of carbonyl (C=O) groups is 1. The second-order valence-electron chi connectivity index (χ2n) is 9.40. The Balaban J connectivity index is 1.24. The Hall–Kier alpha value is -4.01. The number of nitrogens with zero attached hydrogens (tertiary/aromatic N) is 3. The van der Waals surface area contributed by atoms with Crippen molar-refractivity contribution in [1.29, 1.82) is 0 Å². The lowest BCUT2D eigenvalue weighted by atomic mass is 10.00. The maximum Gasteiger partial charge on any atom is 0.248 e. The molecule has 2 heterocycles. The third-order valence-electron chi connectivity index (χ3n) is 6.46. The van der Waals surface area contributed by atoms with Crippen LogP contribution in [0.1, 0.15) is 24.8 Å². The molecule has 7 nitrogen and oxygen atoms in total. The Morgan fingerprint density at radius 2 is 1.87 bits per heavy atom. The van der Waals surface area contributed by atoms with Gasteiger partial charge in [-0.3, -0.25) is 9.69 Å². The quantitative estimate of drug-likeness (QED) is 0.228. The number of piperidine rings is 1. The zero-order valence-corrected chi connectivity index (χ0v) is 22.1. The highest BCUT2D eigenvalue weighted by Crippen LogP contribution is 2.31. The summed E-state index contributed by atoms with van der Waals surface area (Å²) in [5.41, 5.74) is 2.79. The van der Waals surface area contributed by atoms with Gasteiger partial charge in [-0.15, -0.1) is 0 Å². The van der Waals surface area contributed by atoms with Gasteiger partial charge in [-0.2, -0.15) is 0 Å². The number of halogens is 2. The molecule has 2 N–H and O–H groups in total. The average molecular weight is 545 g/mol. The standard InChI is InChI=1S/C30H29ClFN5O2/c31-26-18-24(10-12-28(26)39-19-21-6-4-7-22(32)16-21)36-30-25-17-23(9-11-27(25)33-20-34-30)35-29(38)8-5-15-37-13-2-1-3-14-37/h4-12,16-18,20H,1-3,13-15,19H2,(H,35,38)(H,33,34,36)/b8-5+/i29-1. The van der Waals surface area contributed by atoms with Crippen molar-refractivity contribution in [2.24, 2.45) is 0 Å². The van der Waals surface area contributed by atoms with Gasteiger partial charge in [-0.1, -0.05) is 36.2 Å². The topological polar surface area (TPSA) is 79.4 Å². The van der Waals surface area contributed by atoms with Crippen molar-refractivity contribution >= 4 is 45.6 Å². The number of carbonyl (C=O) groups excluding carboxylic acids is 1. The van der Waals surface area contributed by atoms with Crippen LogP contribution in [0.2, 0.25) is 5.02 Å². The first kappa shape index (κ1) is 26.6. The molecular formula is C30H29ClFN5O2. The molecular weight excluding hydrogens is 516 g/mol. The number of fused-ring (bicyclic) bond motifs is 1. The largest absolute Gasteiger partial charge is 0.487 e. The van der Waals surface area contributed by atoms with Gasteiger partial charge in [0.2, 0.25) is 5.91 Å². The highest BCUT2D eigenvalue weighted by molar-refractivity contribution is 6.32. The molecule has 3 aromatic carbocycles. The summed E-state index contributed by atoms with van der Waals surface area (Å²) in [6, 6.07) is 17.0. The molecule has 0 saturated carbocycles. The molecule has 1 aromatic heterocycles. The number of ether oxygens (including phenoxy) is 1. The predicted molar refractivity (Wildman–Crippen MR) is 153 cm³/mol. The van der Waals surface area contributed by atoms with E-state index in [9.17, 15) is 9.18 Å². The molecule has 1 saturated heterocycles. The number of amides is 1. The van der Waals surface area contributed by atoms with Crippen molar-refractivity contribution in [3.63, 3.8) is 0 Å². The van der Waals surface area contributed by atoms with Gasteiger partial charge in [0.05, 0.1) is 10.5 Å². The Labute approximate surface area is 231 Å². The van der Waals surface area contributed by atoms with Gasteiger partial charge < -0.3 is 15.4 Å². The summed E-state index contributed by atoms with van der Waals surface area (Å²) in [6.45, 7) is 3.15. The average Bonchev–Trinajstić information content (AvgIpc) is 2.93. The first-order chi connectivity index (χ1) is 19.0. The SMILES string of the molecule is O=[11C](/C=C/CN1CCCCC1)Nc1ccc2ncnc(Nc3ccc(OCc4cccc(F)c4)c(Cl)c3)c2c1. The van der Waals surface area contributed by atoms with E-state index in [1.165, 1.54) is 37.7 Å². The maximum atomic E-state index is 13.4. The highest BCUT2D eigenvalue weighted by atomic mass is 35.5. The van der Waals surface area contributed by atoms with Crippen LogP contribution in [-0.4, -0.2) is 40.4 Å². The van der Waals surface area contributed by atoms with Crippen molar-refractivity contribution in [3.05, 3.63) is 95.5 Å². The highest BCUT2D eigenvalue weighted by Gasteiger charge is 2.10. The molecule has 1 amide bonds. The fourth-order valence-corrected chi connectivity index (χ4v) is 4.72. The lowest BCUT2D eigenvalue weighted by molar-refractivity contribution is -0.111. The lowest BCUT2D eigenvalue weighted by Gasteiger charge is -2.24. The maximum absolute atomic E-state index is 13.4.